The third kappa shape index (κ3) is 3.37. The number of hydrogen-bond acceptors (Lipinski definition) is 6. The monoisotopic (exact) mass is 358 g/mol. The topological polar surface area (TPSA) is 104 Å². The number of anilines is 1. The van der Waals surface area contributed by atoms with Crippen LogP contribution >= 0.6 is 0 Å². The molecule has 0 aromatic carbocycles. The van der Waals surface area contributed by atoms with Crippen molar-refractivity contribution in [3.05, 3.63) is 35.9 Å². The van der Waals surface area contributed by atoms with E-state index in [1.165, 1.54) is 11.1 Å². The van der Waals surface area contributed by atoms with Crippen molar-refractivity contribution >= 4 is 17.8 Å². The van der Waals surface area contributed by atoms with E-state index >= 15 is 0 Å². The van der Waals surface area contributed by atoms with Crippen molar-refractivity contribution in [3.8, 4) is 0 Å². The minimum Gasteiger partial charge on any atom is -0.480 e. The molecule has 1 unspecified atom stereocenters. The summed E-state index contributed by atoms with van der Waals surface area (Å²) in [6.45, 7) is 5.50. The van der Waals surface area contributed by atoms with Gasteiger partial charge in [0.15, 0.2) is 0 Å². The maximum atomic E-state index is 13.0. The lowest BCUT2D eigenvalue weighted by Crippen LogP contribution is -2.58. The average molecular weight is 358 g/mol. The largest absolute Gasteiger partial charge is 0.480 e. The second-order valence-corrected chi connectivity index (χ2v) is 6.21. The standard InChI is InChI=1S/C17H22N6O3/c1-3-7-23-12(2)13(10-20-23)15(24)22-9-8-21(11-14(22)16(25)26)17-18-5-4-6-19-17/h4-6,10,14H,3,7-9,11H2,1-2H3,(H,25,26). The van der Waals surface area contributed by atoms with Gasteiger partial charge in [-0.15, -0.1) is 0 Å². The Morgan fingerprint density at radius 1 is 1.27 bits per heavy atom. The van der Waals surface area contributed by atoms with Gasteiger partial charge in [-0.3, -0.25) is 9.48 Å². The van der Waals surface area contributed by atoms with Crippen LogP contribution in [-0.4, -0.2) is 67.3 Å². The Bertz CT molecular complexity index is 791. The molecule has 9 nitrogen and oxygen atoms in total. The highest BCUT2D eigenvalue weighted by Crippen LogP contribution is 2.19. The lowest BCUT2D eigenvalue weighted by atomic mass is 10.1. The molecular formula is C17H22N6O3. The van der Waals surface area contributed by atoms with Gasteiger partial charge < -0.3 is 14.9 Å². The number of hydrogen-bond donors (Lipinski definition) is 1. The number of aryl methyl sites for hydroxylation is 1. The first-order chi connectivity index (χ1) is 12.5. The third-order valence-electron chi connectivity index (χ3n) is 4.53. The Balaban J connectivity index is 1.81. The molecular weight excluding hydrogens is 336 g/mol. The molecule has 2 aromatic rings. The Kier molecular flexibility index (Phi) is 5.15. The summed E-state index contributed by atoms with van der Waals surface area (Å²) in [5.74, 6) is -0.874. The van der Waals surface area contributed by atoms with Gasteiger partial charge in [-0.25, -0.2) is 14.8 Å². The van der Waals surface area contributed by atoms with E-state index in [0.29, 0.717) is 18.1 Å². The van der Waals surface area contributed by atoms with Crippen molar-refractivity contribution in [2.24, 2.45) is 0 Å². The number of carboxylic acid groups (broad SMARTS) is 1. The number of carbonyl (C=O) groups is 2. The predicted octanol–water partition coefficient (Wildman–Crippen LogP) is 0.807. The first kappa shape index (κ1) is 17.8. The second kappa shape index (κ2) is 7.51. The third-order valence-corrected chi connectivity index (χ3v) is 4.53. The fourth-order valence-electron chi connectivity index (χ4n) is 3.12. The number of piperazine rings is 1. The molecule has 26 heavy (non-hydrogen) atoms. The normalized spacial score (nSPS) is 17.4. The summed E-state index contributed by atoms with van der Waals surface area (Å²) < 4.78 is 1.77. The van der Waals surface area contributed by atoms with Crippen LogP contribution < -0.4 is 4.90 Å². The van der Waals surface area contributed by atoms with Crippen molar-refractivity contribution in [2.75, 3.05) is 24.5 Å². The molecule has 0 saturated carbocycles. The van der Waals surface area contributed by atoms with Crippen LogP contribution in [0.1, 0.15) is 29.4 Å². The minimum absolute atomic E-state index is 0.146. The molecule has 0 spiro atoms. The summed E-state index contributed by atoms with van der Waals surface area (Å²) in [6.07, 6.45) is 5.66. The fraction of sp³-hybridized carbons (Fsp3) is 0.471. The first-order valence-corrected chi connectivity index (χ1v) is 8.61. The van der Waals surface area contributed by atoms with E-state index < -0.39 is 12.0 Å². The summed E-state index contributed by atoms with van der Waals surface area (Å²) in [5, 5.41) is 13.9. The second-order valence-electron chi connectivity index (χ2n) is 6.21. The number of carbonyl (C=O) groups excluding carboxylic acids is 1. The number of aliphatic carboxylic acids is 1. The molecule has 1 N–H and O–H groups in total. The summed E-state index contributed by atoms with van der Waals surface area (Å²) >= 11 is 0. The Hall–Kier alpha value is -2.97. The highest BCUT2D eigenvalue weighted by molar-refractivity contribution is 5.97. The molecule has 1 aliphatic rings. The SMILES string of the molecule is CCCn1ncc(C(=O)N2CCN(c3ncccn3)CC2C(=O)O)c1C. The Morgan fingerprint density at radius 2 is 2.00 bits per heavy atom. The number of rotatable bonds is 5. The van der Waals surface area contributed by atoms with Gasteiger partial charge in [0.05, 0.1) is 18.3 Å². The molecule has 9 heteroatoms. The van der Waals surface area contributed by atoms with Gasteiger partial charge >= 0.3 is 5.97 Å². The van der Waals surface area contributed by atoms with Crippen molar-refractivity contribution in [2.45, 2.75) is 32.9 Å². The number of nitrogens with zero attached hydrogens (tertiary/aromatic N) is 6. The molecule has 1 saturated heterocycles. The van der Waals surface area contributed by atoms with Crippen LogP contribution in [0.5, 0.6) is 0 Å². The van der Waals surface area contributed by atoms with Gasteiger partial charge in [0.2, 0.25) is 5.95 Å². The van der Waals surface area contributed by atoms with Crippen molar-refractivity contribution in [3.63, 3.8) is 0 Å². The molecule has 0 radical (unpaired) electrons. The van der Waals surface area contributed by atoms with Gasteiger partial charge in [-0.05, 0) is 19.4 Å². The molecule has 138 valence electrons. The molecule has 3 heterocycles. The van der Waals surface area contributed by atoms with Gasteiger partial charge in [0.1, 0.15) is 6.04 Å². The van der Waals surface area contributed by atoms with Crippen LogP contribution in [0.2, 0.25) is 0 Å². The Morgan fingerprint density at radius 3 is 2.65 bits per heavy atom. The van der Waals surface area contributed by atoms with Crippen molar-refractivity contribution in [1.82, 2.24) is 24.6 Å². The van der Waals surface area contributed by atoms with Crippen LogP contribution in [0, 0.1) is 6.92 Å². The minimum atomic E-state index is -1.04. The van der Waals surface area contributed by atoms with Gasteiger partial charge in [0.25, 0.3) is 5.91 Å². The molecule has 0 aliphatic carbocycles. The molecule has 0 bridgehead atoms. The molecule has 1 atom stereocenters. The first-order valence-electron chi connectivity index (χ1n) is 8.61. The van der Waals surface area contributed by atoms with Gasteiger partial charge in [-0.2, -0.15) is 5.10 Å². The highest BCUT2D eigenvalue weighted by Gasteiger charge is 2.37. The van der Waals surface area contributed by atoms with Crippen molar-refractivity contribution < 1.29 is 14.7 Å². The molecule has 1 fully saturated rings. The number of amides is 1. The smallest absolute Gasteiger partial charge is 0.328 e. The molecule has 2 aromatic heterocycles. The predicted molar refractivity (Wildman–Crippen MR) is 94.0 cm³/mol. The number of carboxylic acids is 1. The van der Waals surface area contributed by atoms with E-state index in [-0.39, 0.29) is 19.0 Å². The summed E-state index contributed by atoms with van der Waals surface area (Å²) in [7, 11) is 0. The Labute approximate surface area is 151 Å². The number of aromatic nitrogens is 4. The van der Waals surface area contributed by atoms with E-state index in [0.717, 1.165) is 18.7 Å². The lowest BCUT2D eigenvalue weighted by molar-refractivity contribution is -0.142. The summed E-state index contributed by atoms with van der Waals surface area (Å²) in [4.78, 5) is 36.3. The maximum Gasteiger partial charge on any atom is 0.328 e. The molecule has 1 aliphatic heterocycles. The van der Waals surface area contributed by atoms with E-state index in [9.17, 15) is 14.7 Å². The zero-order chi connectivity index (χ0) is 18.7. The summed E-state index contributed by atoms with van der Waals surface area (Å²) in [5.41, 5.74) is 1.21. The van der Waals surface area contributed by atoms with E-state index in [4.69, 9.17) is 0 Å². The fourth-order valence-corrected chi connectivity index (χ4v) is 3.12. The van der Waals surface area contributed by atoms with Gasteiger partial charge in [0, 0.05) is 37.7 Å². The summed E-state index contributed by atoms with van der Waals surface area (Å²) in [6, 6.07) is 0.739. The zero-order valence-electron chi connectivity index (χ0n) is 14.9. The van der Waals surface area contributed by atoms with Crippen molar-refractivity contribution in [1.29, 1.82) is 0 Å². The van der Waals surface area contributed by atoms with E-state index in [2.05, 4.69) is 15.1 Å². The lowest BCUT2D eigenvalue weighted by Gasteiger charge is -2.39. The molecule has 1 amide bonds. The van der Waals surface area contributed by atoms with Crippen LogP contribution in [-0.2, 0) is 11.3 Å². The van der Waals surface area contributed by atoms with E-state index in [1.807, 2.05) is 13.8 Å². The van der Waals surface area contributed by atoms with Crippen LogP contribution in [0.3, 0.4) is 0 Å². The highest BCUT2D eigenvalue weighted by atomic mass is 16.4. The van der Waals surface area contributed by atoms with Crippen LogP contribution in [0.4, 0.5) is 5.95 Å². The molecule has 3 rings (SSSR count). The maximum absolute atomic E-state index is 13.0. The van der Waals surface area contributed by atoms with Gasteiger partial charge in [-0.1, -0.05) is 6.92 Å². The zero-order valence-corrected chi connectivity index (χ0v) is 14.9. The average Bonchev–Trinajstić information content (AvgIpc) is 3.02. The van der Waals surface area contributed by atoms with Crippen LogP contribution in [0.25, 0.3) is 0 Å². The van der Waals surface area contributed by atoms with E-state index in [1.54, 1.807) is 28.0 Å². The quantitative estimate of drug-likeness (QED) is 0.843. The van der Waals surface area contributed by atoms with Crippen LogP contribution in [0.15, 0.2) is 24.7 Å².